The molecule has 10 nitrogen and oxygen atoms in total. The zero-order chi connectivity index (χ0) is 25.7. The van der Waals surface area contributed by atoms with Crippen LogP contribution < -0.4 is 35.0 Å². The van der Waals surface area contributed by atoms with E-state index in [1.807, 2.05) is 29.7 Å². The number of aromatic nitrogens is 1. The van der Waals surface area contributed by atoms with Crippen LogP contribution in [0.25, 0.3) is 10.9 Å². The van der Waals surface area contributed by atoms with Gasteiger partial charge in [0.05, 0.1) is 25.1 Å². The van der Waals surface area contributed by atoms with Crippen LogP contribution >= 0.6 is 0 Å². The van der Waals surface area contributed by atoms with Crippen LogP contribution in [-0.4, -0.2) is 50.5 Å². The van der Waals surface area contributed by atoms with E-state index in [0.717, 1.165) is 5.56 Å². The number of pyridine rings is 1. The van der Waals surface area contributed by atoms with E-state index in [4.69, 9.17) is 18.9 Å². The number of ether oxygens (including phenoxy) is 4. The quantitative estimate of drug-likeness (QED) is 0.443. The third-order valence-electron chi connectivity index (χ3n) is 5.98. The van der Waals surface area contributed by atoms with Gasteiger partial charge in [-0.15, -0.1) is 0 Å². The molecule has 10 heteroatoms. The van der Waals surface area contributed by atoms with Gasteiger partial charge in [0.15, 0.2) is 23.0 Å². The van der Waals surface area contributed by atoms with Crippen molar-refractivity contribution in [3.63, 3.8) is 0 Å². The summed E-state index contributed by atoms with van der Waals surface area (Å²) in [5, 5.41) is 5.89. The molecule has 0 unspecified atom stereocenters. The first-order valence-corrected chi connectivity index (χ1v) is 11.7. The SMILES string of the molecule is CCn1cc(C(=O)NCCC(=O)NCCc2ccc(OC)c(OC)c2)c(=O)c2cc3c(cc21)OCO3. The zero-order valence-corrected chi connectivity index (χ0v) is 20.5. The number of aryl methyl sites for hydroxylation is 1. The van der Waals surface area contributed by atoms with Gasteiger partial charge in [-0.1, -0.05) is 6.07 Å². The van der Waals surface area contributed by atoms with Crippen molar-refractivity contribution >= 4 is 22.7 Å². The summed E-state index contributed by atoms with van der Waals surface area (Å²) in [5.41, 5.74) is 1.27. The molecular weight excluding hydrogens is 466 g/mol. The van der Waals surface area contributed by atoms with Crippen molar-refractivity contribution in [3.05, 3.63) is 57.9 Å². The highest BCUT2D eigenvalue weighted by molar-refractivity contribution is 5.98. The molecule has 2 aromatic carbocycles. The molecule has 0 fully saturated rings. The molecule has 2 N–H and O–H groups in total. The van der Waals surface area contributed by atoms with Gasteiger partial charge in [-0.3, -0.25) is 14.4 Å². The third kappa shape index (κ3) is 5.22. The molecule has 0 radical (unpaired) electrons. The lowest BCUT2D eigenvalue weighted by atomic mass is 10.1. The van der Waals surface area contributed by atoms with Gasteiger partial charge in [0.1, 0.15) is 5.56 Å². The number of methoxy groups -OCH3 is 2. The summed E-state index contributed by atoms with van der Waals surface area (Å²) in [6.07, 6.45) is 2.24. The third-order valence-corrected chi connectivity index (χ3v) is 5.98. The molecular formula is C26H29N3O7. The maximum absolute atomic E-state index is 13.0. The normalized spacial score (nSPS) is 11.9. The summed E-state index contributed by atoms with van der Waals surface area (Å²) >= 11 is 0. The average Bonchev–Trinajstić information content (AvgIpc) is 3.35. The lowest BCUT2D eigenvalue weighted by Crippen LogP contribution is -2.34. The molecule has 2 amide bonds. The van der Waals surface area contributed by atoms with E-state index in [1.165, 1.54) is 6.20 Å². The topological polar surface area (TPSA) is 117 Å². The predicted molar refractivity (Wildman–Crippen MR) is 133 cm³/mol. The average molecular weight is 496 g/mol. The number of rotatable bonds is 10. The molecule has 36 heavy (non-hydrogen) atoms. The number of hydrogen-bond donors (Lipinski definition) is 2. The molecule has 4 rings (SSSR count). The number of hydrogen-bond acceptors (Lipinski definition) is 7. The predicted octanol–water partition coefficient (Wildman–Crippen LogP) is 2.25. The molecule has 1 aromatic heterocycles. The maximum Gasteiger partial charge on any atom is 0.256 e. The molecule has 0 bridgehead atoms. The Labute approximate surface area is 208 Å². The molecule has 1 aliphatic heterocycles. The number of benzene rings is 2. The molecule has 0 spiro atoms. The largest absolute Gasteiger partial charge is 0.493 e. The number of nitrogens with zero attached hydrogens (tertiary/aromatic N) is 1. The smallest absolute Gasteiger partial charge is 0.256 e. The molecule has 0 atom stereocenters. The molecule has 0 saturated heterocycles. The van der Waals surface area contributed by atoms with Crippen LogP contribution in [0.2, 0.25) is 0 Å². The van der Waals surface area contributed by atoms with Crippen molar-refractivity contribution < 1.29 is 28.5 Å². The minimum absolute atomic E-state index is 0.0112. The van der Waals surface area contributed by atoms with Crippen molar-refractivity contribution in [1.29, 1.82) is 0 Å². The summed E-state index contributed by atoms with van der Waals surface area (Å²) in [6.45, 7) is 3.10. The summed E-state index contributed by atoms with van der Waals surface area (Å²) in [5.74, 6) is 1.59. The molecule has 190 valence electrons. The van der Waals surface area contributed by atoms with Crippen LogP contribution in [0, 0.1) is 0 Å². The molecule has 0 aliphatic carbocycles. The Morgan fingerprint density at radius 1 is 1.00 bits per heavy atom. The highest BCUT2D eigenvalue weighted by Gasteiger charge is 2.20. The maximum atomic E-state index is 13.0. The second kappa shape index (κ2) is 11.0. The van der Waals surface area contributed by atoms with Gasteiger partial charge < -0.3 is 34.1 Å². The van der Waals surface area contributed by atoms with E-state index in [1.54, 1.807) is 26.4 Å². The first-order valence-electron chi connectivity index (χ1n) is 11.7. The number of fused-ring (bicyclic) bond motifs is 2. The van der Waals surface area contributed by atoms with Gasteiger partial charge in [0.25, 0.3) is 5.91 Å². The minimum atomic E-state index is -0.528. The molecule has 3 aromatic rings. The van der Waals surface area contributed by atoms with Gasteiger partial charge in [-0.2, -0.15) is 0 Å². The first kappa shape index (κ1) is 24.9. The number of carbonyl (C=O) groups is 2. The van der Waals surface area contributed by atoms with Crippen molar-refractivity contribution in [3.8, 4) is 23.0 Å². The number of nitrogens with one attached hydrogen (secondary N) is 2. The standard InChI is InChI=1S/C26H29N3O7/c1-4-29-14-18(25(31)17-12-22-23(13-19(17)29)36-15-35-22)26(32)28-10-8-24(30)27-9-7-16-5-6-20(33-2)21(11-16)34-3/h5-6,11-14H,4,7-10,15H2,1-3H3,(H,27,30)(H,28,32). The Kier molecular flexibility index (Phi) is 7.62. The van der Waals surface area contributed by atoms with E-state index >= 15 is 0 Å². The van der Waals surface area contributed by atoms with Gasteiger partial charge in [0, 0.05) is 38.3 Å². The fourth-order valence-electron chi connectivity index (χ4n) is 4.06. The van der Waals surface area contributed by atoms with Crippen molar-refractivity contribution in [2.75, 3.05) is 34.1 Å². The van der Waals surface area contributed by atoms with Crippen LogP contribution in [0.4, 0.5) is 0 Å². The van der Waals surface area contributed by atoms with Gasteiger partial charge >= 0.3 is 0 Å². The van der Waals surface area contributed by atoms with Crippen LogP contribution in [0.3, 0.4) is 0 Å². The second-order valence-corrected chi connectivity index (χ2v) is 8.18. The van der Waals surface area contributed by atoms with Gasteiger partial charge in [-0.05, 0) is 37.1 Å². The van der Waals surface area contributed by atoms with E-state index in [-0.39, 0.29) is 31.2 Å². The molecule has 0 saturated carbocycles. The summed E-state index contributed by atoms with van der Waals surface area (Å²) in [7, 11) is 3.15. The Morgan fingerprint density at radius 2 is 1.75 bits per heavy atom. The van der Waals surface area contributed by atoms with E-state index in [9.17, 15) is 14.4 Å². The van der Waals surface area contributed by atoms with Crippen LogP contribution in [0.1, 0.15) is 29.3 Å². The highest BCUT2D eigenvalue weighted by atomic mass is 16.7. The van der Waals surface area contributed by atoms with E-state index < -0.39 is 11.3 Å². The second-order valence-electron chi connectivity index (χ2n) is 8.18. The summed E-state index contributed by atoms with van der Waals surface area (Å²) in [4.78, 5) is 38.0. The fourth-order valence-corrected chi connectivity index (χ4v) is 4.06. The van der Waals surface area contributed by atoms with Crippen LogP contribution in [-0.2, 0) is 17.8 Å². The lowest BCUT2D eigenvalue weighted by molar-refractivity contribution is -0.120. The Morgan fingerprint density at radius 3 is 2.47 bits per heavy atom. The van der Waals surface area contributed by atoms with E-state index in [0.29, 0.717) is 53.4 Å². The summed E-state index contributed by atoms with van der Waals surface area (Å²) < 4.78 is 23.1. The summed E-state index contributed by atoms with van der Waals surface area (Å²) in [6, 6.07) is 8.95. The van der Waals surface area contributed by atoms with E-state index in [2.05, 4.69) is 10.6 Å². The highest BCUT2D eigenvalue weighted by Crippen LogP contribution is 2.35. The lowest BCUT2D eigenvalue weighted by Gasteiger charge is -2.13. The van der Waals surface area contributed by atoms with Crippen molar-refractivity contribution in [2.24, 2.45) is 0 Å². The van der Waals surface area contributed by atoms with Crippen molar-refractivity contribution in [2.45, 2.75) is 26.3 Å². The van der Waals surface area contributed by atoms with Crippen molar-refractivity contribution in [1.82, 2.24) is 15.2 Å². The van der Waals surface area contributed by atoms with Crippen LogP contribution in [0.5, 0.6) is 23.0 Å². The number of amides is 2. The first-order chi connectivity index (χ1) is 17.4. The van der Waals surface area contributed by atoms with Gasteiger partial charge in [-0.25, -0.2) is 0 Å². The zero-order valence-electron chi connectivity index (χ0n) is 20.5. The fraction of sp³-hybridized carbons (Fsp3) is 0.346. The molecule has 2 heterocycles. The Bertz CT molecular complexity index is 1350. The number of carbonyl (C=O) groups excluding carboxylic acids is 2. The monoisotopic (exact) mass is 495 g/mol. The molecule has 1 aliphatic rings. The Hall–Kier alpha value is -4.21. The van der Waals surface area contributed by atoms with Gasteiger partial charge in [0.2, 0.25) is 18.1 Å². The minimum Gasteiger partial charge on any atom is -0.493 e. The van der Waals surface area contributed by atoms with Crippen LogP contribution in [0.15, 0.2) is 41.3 Å². The Balaban J connectivity index is 1.32.